The summed E-state index contributed by atoms with van der Waals surface area (Å²) in [6.07, 6.45) is 3.45. The summed E-state index contributed by atoms with van der Waals surface area (Å²) in [4.78, 5) is 22.4. The molecule has 1 atom stereocenters. The fourth-order valence-electron chi connectivity index (χ4n) is 5.13. The number of benzene rings is 2. The number of piperazine rings is 1. The van der Waals surface area contributed by atoms with E-state index in [2.05, 4.69) is 9.88 Å². The highest BCUT2D eigenvalue weighted by molar-refractivity contribution is 5.48. The molecular formula is C30H31FN4O2. The minimum atomic E-state index is -0.434. The van der Waals surface area contributed by atoms with E-state index in [1.807, 2.05) is 61.2 Å². The summed E-state index contributed by atoms with van der Waals surface area (Å²) in [5.74, 6) is -0.243. The standard InChI is InChI=1S/C30H31FN4O2/c1-21-9-11-24(12-10-21)29(34-16-14-33(15-17-34)26-8-4-3-7-25(26)31)28-27(36)18-22(2)35(30(28)37)20-23-6-5-13-32-19-23/h3-13,18-19,29,36H,14-17,20H2,1-2H3/t29-/m1/s1. The molecule has 7 heteroatoms. The second kappa shape index (κ2) is 10.6. The van der Waals surface area contributed by atoms with Gasteiger partial charge in [-0.1, -0.05) is 48.0 Å². The summed E-state index contributed by atoms with van der Waals surface area (Å²) in [5, 5.41) is 11.1. The predicted molar refractivity (Wildman–Crippen MR) is 144 cm³/mol. The van der Waals surface area contributed by atoms with Gasteiger partial charge in [-0.2, -0.15) is 0 Å². The number of halogens is 1. The van der Waals surface area contributed by atoms with E-state index in [0.29, 0.717) is 49.7 Å². The third-order valence-corrected chi connectivity index (χ3v) is 7.13. The molecule has 0 bridgehead atoms. The molecule has 0 radical (unpaired) electrons. The van der Waals surface area contributed by atoms with Crippen molar-refractivity contribution in [3.8, 4) is 5.75 Å². The quantitative estimate of drug-likeness (QED) is 0.419. The van der Waals surface area contributed by atoms with Crippen LogP contribution in [0.25, 0.3) is 0 Å². The van der Waals surface area contributed by atoms with Crippen LogP contribution in [0, 0.1) is 19.7 Å². The number of pyridine rings is 2. The van der Waals surface area contributed by atoms with Gasteiger partial charge in [-0.25, -0.2) is 4.39 Å². The van der Waals surface area contributed by atoms with E-state index >= 15 is 0 Å². The van der Waals surface area contributed by atoms with Gasteiger partial charge in [0.25, 0.3) is 5.56 Å². The molecule has 1 saturated heterocycles. The Kier molecular flexibility index (Phi) is 7.06. The molecule has 0 aliphatic carbocycles. The van der Waals surface area contributed by atoms with Gasteiger partial charge in [-0.05, 0) is 49.2 Å². The predicted octanol–water partition coefficient (Wildman–Crippen LogP) is 4.66. The Bertz CT molecular complexity index is 1430. The molecule has 5 rings (SSSR count). The maximum Gasteiger partial charge on any atom is 0.259 e. The van der Waals surface area contributed by atoms with Crippen molar-refractivity contribution < 1.29 is 9.50 Å². The van der Waals surface area contributed by atoms with Crippen molar-refractivity contribution in [2.75, 3.05) is 31.1 Å². The molecule has 2 aromatic heterocycles. The van der Waals surface area contributed by atoms with Crippen molar-refractivity contribution in [3.63, 3.8) is 0 Å². The largest absolute Gasteiger partial charge is 0.507 e. The summed E-state index contributed by atoms with van der Waals surface area (Å²) in [6, 6.07) is 19.9. The summed E-state index contributed by atoms with van der Waals surface area (Å²) in [6.45, 7) is 6.67. The molecule has 1 aliphatic heterocycles. The van der Waals surface area contributed by atoms with E-state index in [9.17, 15) is 14.3 Å². The van der Waals surface area contributed by atoms with Crippen molar-refractivity contribution in [2.24, 2.45) is 0 Å². The topological polar surface area (TPSA) is 61.6 Å². The van der Waals surface area contributed by atoms with Crippen LogP contribution in [0.5, 0.6) is 5.75 Å². The first-order chi connectivity index (χ1) is 17.9. The molecule has 0 unspecified atom stereocenters. The highest BCUT2D eigenvalue weighted by Crippen LogP contribution is 2.34. The van der Waals surface area contributed by atoms with Crippen LogP contribution >= 0.6 is 0 Å². The summed E-state index contributed by atoms with van der Waals surface area (Å²) < 4.78 is 16.1. The van der Waals surface area contributed by atoms with Gasteiger partial charge in [0.2, 0.25) is 0 Å². The first-order valence-corrected chi connectivity index (χ1v) is 12.5. The third kappa shape index (κ3) is 5.13. The lowest BCUT2D eigenvalue weighted by molar-refractivity contribution is 0.207. The van der Waals surface area contributed by atoms with Gasteiger partial charge in [-0.15, -0.1) is 0 Å². The van der Waals surface area contributed by atoms with Crippen LogP contribution in [0.15, 0.2) is 83.9 Å². The van der Waals surface area contributed by atoms with Crippen molar-refractivity contribution in [3.05, 3.63) is 123 Å². The fourth-order valence-corrected chi connectivity index (χ4v) is 5.13. The van der Waals surface area contributed by atoms with Crippen LogP contribution < -0.4 is 10.5 Å². The first kappa shape index (κ1) is 24.7. The minimum absolute atomic E-state index is 0.00737. The second-order valence-corrected chi connectivity index (χ2v) is 9.62. The number of nitrogens with zero attached hydrogens (tertiary/aromatic N) is 4. The number of aryl methyl sites for hydroxylation is 2. The SMILES string of the molecule is Cc1ccc([C@H](c2c(O)cc(C)n(Cc3cccnc3)c2=O)N2CCN(c3ccccc3F)CC2)cc1. The number of para-hydroxylation sites is 1. The lowest BCUT2D eigenvalue weighted by Crippen LogP contribution is -2.49. The molecule has 1 fully saturated rings. The summed E-state index contributed by atoms with van der Waals surface area (Å²) in [7, 11) is 0. The van der Waals surface area contributed by atoms with Crippen LogP contribution in [-0.2, 0) is 6.54 Å². The number of aromatic hydroxyl groups is 1. The number of aromatic nitrogens is 2. The smallest absolute Gasteiger partial charge is 0.259 e. The minimum Gasteiger partial charge on any atom is -0.507 e. The summed E-state index contributed by atoms with van der Waals surface area (Å²) >= 11 is 0. The van der Waals surface area contributed by atoms with Gasteiger partial charge in [0.05, 0.1) is 23.8 Å². The zero-order valence-corrected chi connectivity index (χ0v) is 21.1. The molecule has 1 N–H and O–H groups in total. The zero-order valence-electron chi connectivity index (χ0n) is 21.1. The molecule has 6 nitrogen and oxygen atoms in total. The van der Waals surface area contributed by atoms with Gasteiger partial charge in [0, 0.05) is 44.3 Å². The molecular weight excluding hydrogens is 467 g/mol. The lowest BCUT2D eigenvalue weighted by atomic mass is 9.95. The van der Waals surface area contributed by atoms with Crippen molar-refractivity contribution in [1.82, 2.24) is 14.5 Å². The number of hydrogen-bond donors (Lipinski definition) is 1. The van der Waals surface area contributed by atoms with Crippen LogP contribution in [0.2, 0.25) is 0 Å². The molecule has 0 saturated carbocycles. The van der Waals surface area contributed by atoms with Crippen LogP contribution in [-0.4, -0.2) is 45.7 Å². The molecule has 2 aromatic carbocycles. The maximum absolute atomic E-state index is 14.4. The van der Waals surface area contributed by atoms with E-state index in [4.69, 9.17) is 0 Å². The summed E-state index contributed by atoms with van der Waals surface area (Å²) in [5.41, 5.74) is 4.38. The Labute approximate surface area is 216 Å². The highest BCUT2D eigenvalue weighted by atomic mass is 19.1. The van der Waals surface area contributed by atoms with Gasteiger partial charge in [0.15, 0.2) is 0 Å². The first-order valence-electron chi connectivity index (χ1n) is 12.5. The van der Waals surface area contributed by atoms with Gasteiger partial charge < -0.3 is 14.6 Å². The van der Waals surface area contributed by atoms with E-state index < -0.39 is 6.04 Å². The lowest BCUT2D eigenvalue weighted by Gasteiger charge is -2.40. The normalized spacial score (nSPS) is 15.1. The van der Waals surface area contributed by atoms with Gasteiger partial charge in [-0.3, -0.25) is 14.7 Å². The number of rotatable bonds is 6. The second-order valence-electron chi connectivity index (χ2n) is 9.62. The Balaban J connectivity index is 1.53. The van der Waals surface area contributed by atoms with Gasteiger partial charge >= 0.3 is 0 Å². The highest BCUT2D eigenvalue weighted by Gasteiger charge is 2.32. The monoisotopic (exact) mass is 498 g/mol. The average Bonchev–Trinajstić information content (AvgIpc) is 2.91. The van der Waals surface area contributed by atoms with E-state index in [1.54, 1.807) is 35.2 Å². The average molecular weight is 499 g/mol. The molecule has 4 aromatic rings. The maximum atomic E-state index is 14.4. The number of anilines is 1. The van der Waals surface area contributed by atoms with Crippen LogP contribution in [0.4, 0.5) is 10.1 Å². The molecule has 37 heavy (non-hydrogen) atoms. The Morgan fingerprint density at radius 1 is 0.973 bits per heavy atom. The van der Waals surface area contributed by atoms with E-state index in [0.717, 1.165) is 16.7 Å². The van der Waals surface area contributed by atoms with Crippen LogP contribution in [0.1, 0.15) is 34.0 Å². The van der Waals surface area contributed by atoms with Crippen molar-refractivity contribution in [1.29, 1.82) is 0 Å². The fraction of sp³-hybridized carbons (Fsp3) is 0.267. The van der Waals surface area contributed by atoms with Gasteiger partial charge in [0.1, 0.15) is 11.6 Å². The van der Waals surface area contributed by atoms with Crippen molar-refractivity contribution in [2.45, 2.75) is 26.4 Å². The van der Waals surface area contributed by atoms with Crippen molar-refractivity contribution >= 4 is 5.69 Å². The molecule has 0 amide bonds. The number of hydrogen-bond acceptors (Lipinski definition) is 5. The Morgan fingerprint density at radius 3 is 2.38 bits per heavy atom. The Morgan fingerprint density at radius 2 is 1.70 bits per heavy atom. The molecule has 0 spiro atoms. The molecule has 3 heterocycles. The molecule has 190 valence electrons. The zero-order chi connectivity index (χ0) is 25.9. The Hall–Kier alpha value is -3.97. The third-order valence-electron chi connectivity index (χ3n) is 7.13. The van der Waals surface area contributed by atoms with E-state index in [1.165, 1.54) is 6.07 Å². The molecule has 1 aliphatic rings. The van der Waals surface area contributed by atoms with Crippen LogP contribution in [0.3, 0.4) is 0 Å². The van der Waals surface area contributed by atoms with E-state index in [-0.39, 0.29) is 17.1 Å².